The molecule has 0 aliphatic carbocycles. The Morgan fingerprint density at radius 2 is 1.89 bits per heavy atom. The molecule has 0 saturated carbocycles. The van der Waals surface area contributed by atoms with Crippen molar-refractivity contribution in [2.24, 2.45) is 0 Å². The lowest BCUT2D eigenvalue weighted by molar-refractivity contribution is 0.102. The van der Waals surface area contributed by atoms with Gasteiger partial charge in [0, 0.05) is 5.56 Å². The lowest BCUT2D eigenvalue weighted by Crippen LogP contribution is -2.14. The number of benzene rings is 1. The molecule has 0 amide bonds. The van der Waals surface area contributed by atoms with E-state index >= 15 is 0 Å². The zero-order valence-corrected chi connectivity index (χ0v) is 13.1. The van der Waals surface area contributed by atoms with Gasteiger partial charge in [0.15, 0.2) is 5.78 Å². The first kappa shape index (κ1) is 15.3. The first-order chi connectivity index (χ1) is 8.21. The van der Waals surface area contributed by atoms with Crippen molar-refractivity contribution in [3.8, 4) is 0 Å². The van der Waals surface area contributed by atoms with Crippen molar-refractivity contribution >= 4 is 17.5 Å². The molecule has 0 spiro atoms. The summed E-state index contributed by atoms with van der Waals surface area (Å²) in [6, 6.07) is 6.26. The molecule has 0 atom stereocenters. The van der Waals surface area contributed by atoms with Crippen molar-refractivity contribution in [1.82, 2.24) is 0 Å². The second-order valence-corrected chi connectivity index (χ2v) is 7.63. The van der Waals surface area contributed by atoms with E-state index in [2.05, 4.69) is 52.8 Å². The molecule has 0 aromatic heterocycles. The Morgan fingerprint density at radius 1 is 1.28 bits per heavy atom. The molecule has 2 heteroatoms. The number of Topliss-reactive ketones (excluding diaryl/α,β-unsaturated/α-hetero) is 1. The van der Waals surface area contributed by atoms with Crippen molar-refractivity contribution < 1.29 is 4.79 Å². The van der Waals surface area contributed by atoms with Crippen LogP contribution in [-0.4, -0.2) is 16.8 Å². The van der Waals surface area contributed by atoms with Gasteiger partial charge in [-0.2, -0.15) is 11.8 Å². The van der Waals surface area contributed by atoms with Gasteiger partial charge in [-0.15, -0.1) is 0 Å². The Morgan fingerprint density at radius 3 is 2.39 bits per heavy atom. The summed E-state index contributed by atoms with van der Waals surface area (Å²) in [6.45, 7) is 12.8. The quantitative estimate of drug-likeness (QED) is 0.738. The van der Waals surface area contributed by atoms with Gasteiger partial charge in [0.05, 0.1) is 5.75 Å². The predicted molar refractivity (Wildman–Crippen MR) is 81.8 cm³/mol. The Balaban J connectivity index is 2.97. The highest BCUT2D eigenvalue weighted by atomic mass is 32.2. The second kappa shape index (κ2) is 5.92. The van der Waals surface area contributed by atoms with Gasteiger partial charge in [-0.25, -0.2) is 0 Å². The highest BCUT2D eigenvalue weighted by molar-refractivity contribution is 8.00. The molecule has 18 heavy (non-hydrogen) atoms. The topological polar surface area (TPSA) is 17.1 Å². The van der Waals surface area contributed by atoms with Gasteiger partial charge in [0.2, 0.25) is 0 Å². The van der Waals surface area contributed by atoms with Crippen LogP contribution in [0.15, 0.2) is 18.2 Å². The largest absolute Gasteiger partial charge is 0.293 e. The molecule has 0 aliphatic heterocycles. The van der Waals surface area contributed by atoms with Crippen LogP contribution in [0.4, 0.5) is 0 Å². The maximum Gasteiger partial charge on any atom is 0.173 e. The molecular weight excluding hydrogens is 240 g/mol. The molecule has 0 aliphatic rings. The molecule has 1 aromatic rings. The van der Waals surface area contributed by atoms with Gasteiger partial charge in [-0.1, -0.05) is 46.8 Å². The summed E-state index contributed by atoms with van der Waals surface area (Å²) < 4.78 is 0. The van der Waals surface area contributed by atoms with Crippen molar-refractivity contribution in [2.45, 2.75) is 52.2 Å². The van der Waals surface area contributed by atoms with E-state index in [4.69, 9.17) is 0 Å². The molecule has 0 saturated heterocycles. The molecular formula is C16H24OS. The minimum atomic E-state index is 0.0912. The number of aryl methyl sites for hydroxylation is 1. The van der Waals surface area contributed by atoms with E-state index in [0.717, 1.165) is 11.1 Å². The standard InChI is InChI=1S/C16H24OS/c1-11(2)18-10-15(17)14-9-13(16(4,5)6)8-7-12(14)3/h7-9,11H,10H2,1-6H3. The van der Waals surface area contributed by atoms with E-state index in [1.807, 2.05) is 6.92 Å². The van der Waals surface area contributed by atoms with E-state index in [0.29, 0.717) is 11.0 Å². The van der Waals surface area contributed by atoms with Gasteiger partial charge in [0.1, 0.15) is 0 Å². The molecule has 1 rings (SSSR count). The molecule has 0 heterocycles. The molecule has 1 nitrogen and oxygen atoms in total. The summed E-state index contributed by atoms with van der Waals surface area (Å²) in [4.78, 5) is 12.2. The molecule has 0 N–H and O–H groups in total. The number of ketones is 1. The van der Waals surface area contributed by atoms with Crippen LogP contribution in [0.1, 0.15) is 56.1 Å². The SMILES string of the molecule is Cc1ccc(C(C)(C)C)cc1C(=O)CSC(C)C. The lowest BCUT2D eigenvalue weighted by atomic mass is 9.85. The first-order valence-corrected chi connectivity index (χ1v) is 7.52. The Bertz CT molecular complexity index is 427. The fraction of sp³-hybridized carbons (Fsp3) is 0.562. The average molecular weight is 264 g/mol. The minimum absolute atomic E-state index is 0.0912. The number of hydrogen-bond acceptors (Lipinski definition) is 2. The first-order valence-electron chi connectivity index (χ1n) is 6.47. The minimum Gasteiger partial charge on any atom is -0.293 e. The molecule has 0 unspecified atom stereocenters. The number of rotatable bonds is 4. The molecule has 100 valence electrons. The summed E-state index contributed by atoms with van der Waals surface area (Å²) in [7, 11) is 0. The molecule has 0 fully saturated rings. The number of carbonyl (C=O) groups excluding carboxylic acids is 1. The van der Waals surface area contributed by atoms with Crippen LogP contribution in [0.2, 0.25) is 0 Å². The number of hydrogen-bond donors (Lipinski definition) is 0. The molecule has 0 bridgehead atoms. The Kier molecular flexibility index (Phi) is 5.03. The van der Waals surface area contributed by atoms with Gasteiger partial charge < -0.3 is 0 Å². The fourth-order valence-corrected chi connectivity index (χ4v) is 2.35. The van der Waals surface area contributed by atoms with E-state index in [9.17, 15) is 4.79 Å². The van der Waals surface area contributed by atoms with Gasteiger partial charge in [-0.05, 0) is 34.8 Å². The van der Waals surface area contributed by atoms with Gasteiger partial charge in [-0.3, -0.25) is 4.79 Å². The Hall–Kier alpha value is -0.760. The van der Waals surface area contributed by atoms with Crippen LogP contribution in [0.25, 0.3) is 0 Å². The second-order valence-electron chi connectivity index (χ2n) is 6.06. The third kappa shape index (κ3) is 4.16. The maximum absolute atomic E-state index is 12.2. The molecule has 1 aromatic carbocycles. The smallest absolute Gasteiger partial charge is 0.173 e. The highest BCUT2D eigenvalue weighted by Crippen LogP contribution is 2.25. The zero-order valence-electron chi connectivity index (χ0n) is 12.3. The summed E-state index contributed by atoms with van der Waals surface area (Å²) in [5.74, 6) is 0.823. The fourth-order valence-electron chi connectivity index (χ4n) is 1.71. The third-order valence-corrected chi connectivity index (χ3v) is 4.05. The van der Waals surface area contributed by atoms with Crippen LogP contribution in [0, 0.1) is 6.92 Å². The zero-order chi connectivity index (χ0) is 13.9. The summed E-state index contributed by atoms with van der Waals surface area (Å²) in [5, 5.41) is 0.500. The predicted octanol–water partition coefficient (Wildman–Crippen LogP) is 4.62. The average Bonchev–Trinajstić information content (AvgIpc) is 2.24. The maximum atomic E-state index is 12.2. The number of thioether (sulfide) groups is 1. The van der Waals surface area contributed by atoms with Gasteiger partial charge in [0.25, 0.3) is 0 Å². The van der Waals surface area contributed by atoms with Crippen LogP contribution in [0.5, 0.6) is 0 Å². The normalized spacial score (nSPS) is 11.9. The van der Waals surface area contributed by atoms with Crippen molar-refractivity contribution in [1.29, 1.82) is 0 Å². The van der Waals surface area contributed by atoms with Crippen LogP contribution >= 0.6 is 11.8 Å². The van der Waals surface area contributed by atoms with Gasteiger partial charge >= 0.3 is 0 Å². The van der Waals surface area contributed by atoms with Crippen LogP contribution in [-0.2, 0) is 5.41 Å². The van der Waals surface area contributed by atoms with E-state index in [1.54, 1.807) is 11.8 Å². The molecule has 0 radical (unpaired) electrons. The summed E-state index contributed by atoms with van der Waals surface area (Å²) >= 11 is 1.71. The van der Waals surface area contributed by atoms with Crippen molar-refractivity contribution in [3.05, 3.63) is 34.9 Å². The van der Waals surface area contributed by atoms with E-state index in [-0.39, 0.29) is 11.2 Å². The third-order valence-electron chi connectivity index (χ3n) is 2.95. The summed E-state index contributed by atoms with van der Waals surface area (Å²) in [5.41, 5.74) is 3.28. The number of carbonyl (C=O) groups is 1. The highest BCUT2D eigenvalue weighted by Gasteiger charge is 2.17. The van der Waals surface area contributed by atoms with Crippen molar-refractivity contribution in [2.75, 3.05) is 5.75 Å². The summed E-state index contributed by atoms with van der Waals surface area (Å²) in [6.07, 6.45) is 0. The lowest BCUT2D eigenvalue weighted by Gasteiger charge is -2.20. The van der Waals surface area contributed by atoms with E-state index in [1.165, 1.54) is 5.56 Å². The van der Waals surface area contributed by atoms with Crippen LogP contribution < -0.4 is 0 Å². The van der Waals surface area contributed by atoms with E-state index < -0.39 is 0 Å². The van der Waals surface area contributed by atoms with Crippen molar-refractivity contribution in [3.63, 3.8) is 0 Å². The monoisotopic (exact) mass is 264 g/mol. The van der Waals surface area contributed by atoms with Crippen LogP contribution in [0.3, 0.4) is 0 Å². The Labute approximate surface area is 115 Å².